The smallest absolute Gasteiger partial charge is 0.00209 e. The molecule has 0 aromatic heterocycles. The molecule has 0 heterocycles. The maximum Gasteiger partial charge on any atom is 0.00209 e. The first-order valence-electron chi connectivity index (χ1n) is 3.49. The van der Waals surface area contributed by atoms with Gasteiger partial charge in [-0.3, -0.25) is 6.08 Å². The van der Waals surface area contributed by atoms with E-state index in [-0.39, 0.29) is 88.6 Å². The standard InChI is InChI=1S/C5H5.C2H6ClN.C2H5.4CH3.3ClH.Ti/c1-2-4-5-3-1;1-4(2)3;1-2;;;;;;;;/h1-3H,4H2;1-2H3;1H2,2H3;4*1H3;3*1H;/q-1;;5*-1;;;;. The van der Waals surface area contributed by atoms with E-state index in [2.05, 4.69) is 19.1 Å². The Balaban J connectivity index is -0.00000000693. The Kier molecular flexibility index (Phi) is 280. The molecular formula is C13H31Cl4NTi-6. The Morgan fingerprint density at radius 1 is 1.00 bits per heavy atom. The second-order valence-electron chi connectivity index (χ2n) is 1.79. The van der Waals surface area contributed by atoms with Crippen LogP contribution in [0.25, 0.3) is 0 Å². The van der Waals surface area contributed by atoms with E-state index < -0.39 is 0 Å². The Morgan fingerprint density at radius 2 is 1.26 bits per heavy atom. The Bertz CT molecular complexity index is 108. The van der Waals surface area contributed by atoms with Crippen molar-refractivity contribution >= 4 is 49.0 Å². The molecule has 0 aromatic carbocycles. The molecule has 126 valence electrons. The van der Waals surface area contributed by atoms with Gasteiger partial charge in [-0.15, -0.1) is 43.6 Å². The van der Waals surface area contributed by atoms with Gasteiger partial charge in [0.05, 0.1) is 0 Å². The van der Waals surface area contributed by atoms with Crippen molar-refractivity contribution < 1.29 is 21.7 Å². The van der Waals surface area contributed by atoms with E-state index in [1.54, 1.807) is 21.0 Å². The van der Waals surface area contributed by atoms with Crippen LogP contribution in [-0.2, 0) is 21.7 Å². The SMILES string of the molecule is CN(C)Cl.Cl.Cl.Cl.[C-]1=CC=CC1.[CH2-]C.[CH3-].[CH3-].[CH3-].[CH3-].[Ti]. The van der Waals surface area contributed by atoms with Gasteiger partial charge in [-0.2, -0.15) is 13.0 Å². The minimum Gasteiger partial charge on any atom is -0.358 e. The minimum absolute atomic E-state index is 0. The molecule has 0 saturated carbocycles. The quantitative estimate of drug-likeness (QED) is 0.282. The molecule has 1 rings (SSSR count). The summed E-state index contributed by atoms with van der Waals surface area (Å²) in [5, 5.41) is 0. The molecule has 0 N–H and O–H groups in total. The predicted molar refractivity (Wildman–Crippen MR) is 99.5 cm³/mol. The molecule has 1 aliphatic rings. The Hall–Kier alpha value is 1.31. The zero-order valence-corrected chi connectivity index (χ0v) is 18.0. The third-order valence-electron chi connectivity index (χ3n) is 0.586. The third kappa shape index (κ3) is 145. The van der Waals surface area contributed by atoms with Crippen LogP contribution in [0.4, 0.5) is 0 Å². The van der Waals surface area contributed by atoms with Gasteiger partial charge in [-0.25, -0.2) is 16.6 Å². The third-order valence-corrected chi connectivity index (χ3v) is 0.586. The van der Waals surface area contributed by atoms with Crippen molar-refractivity contribution in [2.45, 2.75) is 13.3 Å². The van der Waals surface area contributed by atoms with Crippen LogP contribution in [0.2, 0.25) is 0 Å². The van der Waals surface area contributed by atoms with Gasteiger partial charge in [0, 0.05) is 35.8 Å². The summed E-state index contributed by atoms with van der Waals surface area (Å²) in [5.41, 5.74) is 0. The summed E-state index contributed by atoms with van der Waals surface area (Å²) in [5.74, 6) is 0. The normalized spacial score (nSPS) is 6.84. The van der Waals surface area contributed by atoms with E-state index in [0.717, 1.165) is 6.42 Å². The zero-order chi connectivity index (χ0) is 9.11. The van der Waals surface area contributed by atoms with Crippen LogP contribution in [-0.4, -0.2) is 18.5 Å². The minimum atomic E-state index is 0. The fourth-order valence-corrected chi connectivity index (χ4v) is 0.340. The summed E-state index contributed by atoms with van der Waals surface area (Å²) in [6.45, 7) is 5.00. The van der Waals surface area contributed by atoms with Crippen LogP contribution in [0, 0.1) is 42.7 Å². The van der Waals surface area contributed by atoms with E-state index in [0.29, 0.717) is 0 Å². The van der Waals surface area contributed by atoms with E-state index in [4.69, 9.17) is 11.8 Å². The van der Waals surface area contributed by atoms with Crippen molar-refractivity contribution in [3.63, 3.8) is 0 Å². The molecule has 0 amide bonds. The largest absolute Gasteiger partial charge is 0.358 e. The molecule has 0 atom stereocenters. The molecule has 6 heteroatoms. The van der Waals surface area contributed by atoms with Gasteiger partial charge in [0.25, 0.3) is 0 Å². The van der Waals surface area contributed by atoms with Crippen LogP contribution >= 0.6 is 49.0 Å². The average molecular weight is 391 g/mol. The summed E-state index contributed by atoms with van der Waals surface area (Å²) in [4.78, 5) is 0. The van der Waals surface area contributed by atoms with Gasteiger partial charge in [0.1, 0.15) is 0 Å². The summed E-state index contributed by atoms with van der Waals surface area (Å²) >= 11 is 5.11. The van der Waals surface area contributed by atoms with Gasteiger partial charge < -0.3 is 36.6 Å². The Labute approximate surface area is 162 Å². The molecule has 0 radical (unpaired) electrons. The molecule has 0 bridgehead atoms. The number of halogens is 4. The summed E-state index contributed by atoms with van der Waals surface area (Å²) in [7, 11) is 3.53. The van der Waals surface area contributed by atoms with Crippen molar-refractivity contribution in [3.8, 4) is 0 Å². The second-order valence-corrected chi connectivity index (χ2v) is 2.46. The number of hydrogen-bond donors (Lipinski definition) is 0. The number of nitrogens with zero attached hydrogens (tertiary/aromatic N) is 1. The molecular weight excluding hydrogens is 360 g/mol. The van der Waals surface area contributed by atoms with Crippen LogP contribution in [0.3, 0.4) is 0 Å². The predicted octanol–water partition coefficient (Wildman–Crippen LogP) is 5.91. The number of rotatable bonds is 0. The van der Waals surface area contributed by atoms with E-state index in [1.807, 2.05) is 12.2 Å². The average Bonchev–Trinajstić information content (AvgIpc) is 2.44. The topological polar surface area (TPSA) is 3.24 Å². The van der Waals surface area contributed by atoms with Gasteiger partial charge in [0.15, 0.2) is 0 Å². The fourth-order valence-electron chi connectivity index (χ4n) is 0.340. The molecule has 0 fully saturated rings. The molecule has 1 aliphatic carbocycles. The van der Waals surface area contributed by atoms with Crippen molar-refractivity contribution in [1.82, 2.24) is 4.42 Å². The first kappa shape index (κ1) is 71.2. The molecule has 0 unspecified atom stereocenters. The summed E-state index contributed by atoms with van der Waals surface area (Å²) in [6.07, 6.45) is 10.0. The summed E-state index contributed by atoms with van der Waals surface area (Å²) in [6, 6.07) is 0. The van der Waals surface area contributed by atoms with Crippen molar-refractivity contribution in [1.29, 1.82) is 0 Å². The van der Waals surface area contributed by atoms with Crippen LogP contribution in [0.15, 0.2) is 18.2 Å². The fraction of sp³-hybridized carbons (Fsp3) is 0.308. The van der Waals surface area contributed by atoms with Crippen molar-refractivity contribution in [3.05, 3.63) is 60.9 Å². The molecule has 0 aliphatic heterocycles. The van der Waals surface area contributed by atoms with E-state index in [9.17, 15) is 0 Å². The van der Waals surface area contributed by atoms with Crippen LogP contribution < -0.4 is 0 Å². The van der Waals surface area contributed by atoms with Crippen LogP contribution in [0.1, 0.15) is 13.3 Å². The van der Waals surface area contributed by atoms with Crippen molar-refractivity contribution in [2.75, 3.05) is 14.1 Å². The van der Waals surface area contributed by atoms with E-state index in [1.165, 1.54) is 4.42 Å². The number of hydrogen-bond acceptors (Lipinski definition) is 1. The van der Waals surface area contributed by atoms with Crippen molar-refractivity contribution in [2.24, 2.45) is 0 Å². The van der Waals surface area contributed by atoms with Gasteiger partial charge in [0.2, 0.25) is 0 Å². The first-order valence-corrected chi connectivity index (χ1v) is 3.83. The van der Waals surface area contributed by atoms with Gasteiger partial charge in [-0.05, 0) is 11.8 Å². The maximum absolute atomic E-state index is 5.11. The molecule has 19 heavy (non-hydrogen) atoms. The van der Waals surface area contributed by atoms with Gasteiger partial charge in [-0.1, -0.05) is 0 Å². The monoisotopic (exact) mass is 389 g/mol. The maximum atomic E-state index is 5.11. The number of allylic oxidation sites excluding steroid dienone is 4. The second kappa shape index (κ2) is 74.7. The summed E-state index contributed by atoms with van der Waals surface area (Å²) < 4.78 is 1.47. The van der Waals surface area contributed by atoms with E-state index >= 15 is 0 Å². The molecule has 0 saturated heterocycles. The van der Waals surface area contributed by atoms with Gasteiger partial charge >= 0.3 is 0 Å². The zero-order valence-electron chi connectivity index (χ0n) is 13.2. The molecule has 0 spiro atoms. The molecule has 0 aromatic rings. The first-order chi connectivity index (χ1) is 5.23. The van der Waals surface area contributed by atoms with Crippen LogP contribution in [0.5, 0.6) is 0 Å². The Morgan fingerprint density at radius 3 is 1.32 bits per heavy atom. The molecule has 1 nitrogen and oxygen atoms in total.